The van der Waals surface area contributed by atoms with Gasteiger partial charge in [-0.1, -0.05) is 28.1 Å². The summed E-state index contributed by atoms with van der Waals surface area (Å²) in [4.78, 5) is 5.32. The fraction of sp³-hybridized carbons (Fsp3) is 0.182. The summed E-state index contributed by atoms with van der Waals surface area (Å²) in [7, 11) is 3.24. The Morgan fingerprint density at radius 2 is 2.03 bits per heavy atom. The highest BCUT2D eigenvalue weighted by atomic mass is 79.9. The normalized spacial score (nSPS) is 11.8. The minimum Gasteiger partial charge on any atom is -0.507 e. The van der Waals surface area contributed by atoms with Gasteiger partial charge in [-0.15, -0.1) is 11.3 Å². The van der Waals surface area contributed by atoms with Gasteiger partial charge in [0.2, 0.25) is 4.80 Å². The van der Waals surface area contributed by atoms with E-state index in [9.17, 15) is 5.11 Å². The first-order chi connectivity index (χ1) is 14.4. The second-order valence-electron chi connectivity index (χ2n) is 6.50. The van der Waals surface area contributed by atoms with Crippen LogP contribution < -0.4 is 14.3 Å². The van der Waals surface area contributed by atoms with Crippen LogP contribution >= 0.6 is 27.3 Å². The lowest BCUT2D eigenvalue weighted by Crippen LogP contribution is -2.13. The van der Waals surface area contributed by atoms with E-state index in [1.165, 1.54) is 11.3 Å². The van der Waals surface area contributed by atoms with E-state index in [0.717, 1.165) is 21.3 Å². The van der Waals surface area contributed by atoms with E-state index in [1.807, 2.05) is 30.5 Å². The summed E-state index contributed by atoms with van der Waals surface area (Å²) < 4.78 is 13.5. The molecule has 0 unspecified atom stereocenters. The molecule has 0 saturated heterocycles. The standard InChI is InChI=1S/C22H22BrN3O3S/c1-14(2)11-24-22-26(25-12-15-9-16(23)5-7-20(15)27)19(13-30-22)18-10-17(28-3)6-8-21(18)29-4/h5-10,12-13,27H,1,11H2,2-4H3. The predicted octanol–water partition coefficient (Wildman–Crippen LogP) is 5.06. The Kier molecular flexibility index (Phi) is 7.12. The molecule has 0 bridgehead atoms. The Morgan fingerprint density at radius 1 is 1.23 bits per heavy atom. The number of nitrogens with zero attached hydrogens (tertiary/aromatic N) is 3. The van der Waals surface area contributed by atoms with Crippen molar-refractivity contribution < 1.29 is 14.6 Å². The number of benzene rings is 2. The SMILES string of the molecule is C=C(C)CN=c1scc(-c2cc(OC)ccc2OC)n1N=Cc1cc(Br)ccc1O. The topological polar surface area (TPSA) is 68.3 Å². The number of phenolic OH excluding ortho intramolecular Hbond substituents is 1. The first-order valence-electron chi connectivity index (χ1n) is 9.03. The summed E-state index contributed by atoms with van der Waals surface area (Å²) in [6.45, 7) is 6.34. The molecule has 156 valence electrons. The summed E-state index contributed by atoms with van der Waals surface area (Å²) in [6, 6.07) is 10.8. The third kappa shape index (κ3) is 5.01. The molecule has 1 heterocycles. The monoisotopic (exact) mass is 487 g/mol. The Hall–Kier alpha value is -2.84. The highest BCUT2D eigenvalue weighted by Gasteiger charge is 2.14. The average Bonchev–Trinajstić information content (AvgIpc) is 3.14. The van der Waals surface area contributed by atoms with Crippen LogP contribution in [0.2, 0.25) is 0 Å². The van der Waals surface area contributed by atoms with Crippen molar-refractivity contribution in [1.29, 1.82) is 0 Å². The summed E-state index contributed by atoms with van der Waals surface area (Å²) >= 11 is 4.88. The van der Waals surface area contributed by atoms with E-state index in [0.29, 0.717) is 28.4 Å². The molecule has 2 aromatic carbocycles. The second-order valence-corrected chi connectivity index (χ2v) is 8.25. The number of phenols is 1. The largest absolute Gasteiger partial charge is 0.507 e. The molecule has 30 heavy (non-hydrogen) atoms. The average molecular weight is 488 g/mol. The Labute approximate surface area is 187 Å². The van der Waals surface area contributed by atoms with Crippen LogP contribution in [0.1, 0.15) is 12.5 Å². The molecule has 0 aliphatic heterocycles. The van der Waals surface area contributed by atoms with Crippen molar-refractivity contribution in [3.05, 3.63) is 68.8 Å². The van der Waals surface area contributed by atoms with Crippen LogP contribution in [0.15, 0.2) is 68.5 Å². The van der Waals surface area contributed by atoms with Crippen molar-refractivity contribution in [3.8, 4) is 28.5 Å². The van der Waals surface area contributed by atoms with Gasteiger partial charge in [-0.2, -0.15) is 5.10 Å². The number of aromatic nitrogens is 1. The van der Waals surface area contributed by atoms with Crippen LogP contribution in [0.25, 0.3) is 11.3 Å². The molecule has 3 rings (SSSR count). The van der Waals surface area contributed by atoms with Crippen molar-refractivity contribution >= 4 is 33.5 Å². The van der Waals surface area contributed by atoms with Crippen LogP contribution in [-0.2, 0) is 0 Å². The molecule has 0 fully saturated rings. The van der Waals surface area contributed by atoms with Gasteiger partial charge in [0.15, 0.2) is 0 Å². The first kappa shape index (κ1) is 21.9. The smallest absolute Gasteiger partial charge is 0.206 e. The van der Waals surface area contributed by atoms with Gasteiger partial charge in [-0.05, 0) is 43.3 Å². The van der Waals surface area contributed by atoms with Crippen molar-refractivity contribution in [3.63, 3.8) is 0 Å². The third-order valence-corrected chi connectivity index (χ3v) is 5.50. The van der Waals surface area contributed by atoms with Crippen LogP contribution in [0.5, 0.6) is 17.2 Å². The summed E-state index contributed by atoms with van der Waals surface area (Å²) in [5.41, 5.74) is 3.14. The third-order valence-electron chi connectivity index (χ3n) is 4.15. The number of hydrogen-bond acceptors (Lipinski definition) is 6. The fourth-order valence-electron chi connectivity index (χ4n) is 2.67. The number of hydrogen-bond donors (Lipinski definition) is 1. The van der Waals surface area contributed by atoms with Gasteiger partial charge in [-0.3, -0.25) is 4.99 Å². The predicted molar refractivity (Wildman–Crippen MR) is 125 cm³/mol. The van der Waals surface area contributed by atoms with E-state index in [1.54, 1.807) is 43.3 Å². The van der Waals surface area contributed by atoms with E-state index in [4.69, 9.17) is 9.47 Å². The van der Waals surface area contributed by atoms with E-state index in [2.05, 4.69) is 32.6 Å². The Balaban J connectivity index is 2.18. The maximum absolute atomic E-state index is 10.2. The molecular formula is C22H22BrN3O3S. The van der Waals surface area contributed by atoms with Gasteiger partial charge in [0.1, 0.15) is 17.2 Å². The number of thiazole rings is 1. The Bertz CT molecular complexity index is 1160. The maximum atomic E-state index is 10.2. The molecule has 8 heteroatoms. The van der Waals surface area contributed by atoms with Gasteiger partial charge in [0.25, 0.3) is 0 Å². The highest BCUT2D eigenvalue weighted by molar-refractivity contribution is 9.10. The summed E-state index contributed by atoms with van der Waals surface area (Å²) in [6.07, 6.45) is 1.60. The molecule has 3 aromatic rings. The van der Waals surface area contributed by atoms with Crippen molar-refractivity contribution in [1.82, 2.24) is 4.68 Å². The lowest BCUT2D eigenvalue weighted by Gasteiger charge is -2.11. The van der Waals surface area contributed by atoms with Crippen LogP contribution in [-0.4, -0.2) is 36.8 Å². The number of methoxy groups -OCH3 is 2. The van der Waals surface area contributed by atoms with Crippen LogP contribution in [0.4, 0.5) is 0 Å². The molecule has 0 aliphatic rings. The molecule has 1 aromatic heterocycles. The number of aromatic hydroxyl groups is 1. The number of rotatable bonds is 7. The van der Waals surface area contributed by atoms with E-state index >= 15 is 0 Å². The minimum absolute atomic E-state index is 0.138. The first-order valence-corrected chi connectivity index (χ1v) is 10.7. The lowest BCUT2D eigenvalue weighted by atomic mass is 10.1. The molecule has 0 saturated carbocycles. The quantitative estimate of drug-likeness (QED) is 0.374. The maximum Gasteiger partial charge on any atom is 0.206 e. The molecule has 6 nitrogen and oxygen atoms in total. The fourth-order valence-corrected chi connectivity index (χ4v) is 3.88. The molecule has 0 amide bonds. The minimum atomic E-state index is 0.138. The van der Waals surface area contributed by atoms with E-state index < -0.39 is 0 Å². The molecule has 0 radical (unpaired) electrons. The molecule has 0 spiro atoms. The number of halogens is 1. The van der Waals surface area contributed by atoms with Crippen molar-refractivity contribution in [2.45, 2.75) is 6.92 Å². The van der Waals surface area contributed by atoms with Crippen molar-refractivity contribution in [2.24, 2.45) is 10.1 Å². The van der Waals surface area contributed by atoms with Gasteiger partial charge in [-0.25, -0.2) is 4.68 Å². The highest BCUT2D eigenvalue weighted by Crippen LogP contribution is 2.33. The molecular weight excluding hydrogens is 466 g/mol. The van der Waals surface area contributed by atoms with Gasteiger partial charge in [0, 0.05) is 21.0 Å². The molecule has 1 N–H and O–H groups in total. The van der Waals surface area contributed by atoms with Gasteiger partial charge in [0.05, 0.1) is 32.7 Å². The van der Waals surface area contributed by atoms with Crippen molar-refractivity contribution in [2.75, 3.05) is 20.8 Å². The Morgan fingerprint density at radius 3 is 2.73 bits per heavy atom. The van der Waals surface area contributed by atoms with Crippen LogP contribution in [0, 0.1) is 0 Å². The zero-order chi connectivity index (χ0) is 21.7. The second kappa shape index (κ2) is 9.77. The molecule has 0 atom stereocenters. The zero-order valence-corrected chi connectivity index (χ0v) is 19.3. The summed E-state index contributed by atoms with van der Waals surface area (Å²) in [5.74, 6) is 1.53. The number of ether oxygens (including phenoxy) is 2. The molecule has 0 aliphatic carbocycles. The van der Waals surface area contributed by atoms with Gasteiger partial charge < -0.3 is 14.6 Å². The summed E-state index contributed by atoms with van der Waals surface area (Å²) in [5, 5.41) is 16.7. The lowest BCUT2D eigenvalue weighted by molar-refractivity contribution is 0.404. The zero-order valence-electron chi connectivity index (χ0n) is 16.9. The van der Waals surface area contributed by atoms with E-state index in [-0.39, 0.29) is 5.75 Å². The van der Waals surface area contributed by atoms with Gasteiger partial charge >= 0.3 is 0 Å². The van der Waals surface area contributed by atoms with Crippen LogP contribution in [0.3, 0.4) is 0 Å².